The average molecular weight is 386 g/mol. The number of nitrogens with zero attached hydrogens (tertiary/aromatic N) is 2. The molecule has 1 aliphatic rings. The molecule has 2 N–H and O–H groups in total. The van der Waals surface area contributed by atoms with Crippen molar-refractivity contribution in [2.24, 2.45) is 0 Å². The van der Waals surface area contributed by atoms with Crippen molar-refractivity contribution >= 4 is 27.0 Å². The van der Waals surface area contributed by atoms with E-state index in [4.69, 9.17) is 9.17 Å². The van der Waals surface area contributed by atoms with E-state index in [1.165, 1.54) is 0 Å². The van der Waals surface area contributed by atoms with Gasteiger partial charge in [0.05, 0.1) is 17.7 Å². The van der Waals surface area contributed by atoms with Crippen LogP contribution in [0.4, 0.5) is 5.82 Å². The molecule has 0 radical (unpaired) electrons. The summed E-state index contributed by atoms with van der Waals surface area (Å²) in [7, 11) is -3.40. The molecule has 0 spiro atoms. The molecule has 2 aromatic heterocycles. The van der Waals surface area contributed by atoms with Crippen LogP contribution in [0.3, 0.4) is 0 Å². The molecule has 0 unspecified atom stereocenters. The highest BCUT2D eigenvalue weighted by atomic mass is 32.2. The van der Waals surface area contributed by atoms with Crippen molar-refractivity contribution in [3.63, 3.8) is 0 Å². The van der Waals surface area contributed by atoms with Gasteiger partial charge in [-0.05, 0) is 31.7 Å². The zero-order valence-corrected chi connectivity index (χ0v) is 15.9. The van der Waals surface area contributed by atoms with Crippen molar-refractivity contribution in [1.29, 1.82) is 0 Å². The third kappa shape index (κ3) is 4.28. The van der Waals surface area contributed by atoms with Gasteiger partial charge in [0.2, 0.25) is 0 Å². The SMILES string of the molecule is CS(=O)(=O)OC1CCC(Nc2nc(-c3ccccc3)nc3[nH]ccc23)CC1. The monoisotopic (exact) mass is 386 g/mol. The van der Waals surface area contributed by atoms with Crippen molar-refractivity contribution in [2.75, 3.05) is 11.6 Å². The standard InChI is InChI=1S/C19H22N4O3S/c1-27(24,25)26-15-9-7-14(8-10-15)21-19-16-11-12-20-18(16)22-17(23-19)13-5-3-2-4-6-13/h2-6,11-12,14-15H,7-10H2,1H3,(H2,20,21,22,23). The van der Waals surface area contributed by atoms with E-state index in [1.54, 1.807) is 0 Å². The number of benzene rings is 1. The Labute approximate surface area is 158 Å². The van der Waals surface area contributed by atoms with E-state index in [9.17, 15) is 8.42 Å². The summed E-state index contributed by atoms with van der Waals surface area (Å²) in [5.74, 6) is 1.47. The zero-order chi connectivity index (χ0) is 18.9. The second-order valence-electron chi connectivity index (χ2n) is 6.92. The maximum absolute atomic E-state index is 11.3. The van der Waals surface area contributed by atoms with Crippen LogP contribution in [0.25, 0.3) is 22.4 Å². The van der Waals surface area contributed by atoms with Crippen LogP contribution in [0.5, 0.6) is 0 Å². The number of aromatic nitrogens is 3. The van der Waals surface area contributed by atoms with E-state index in [2.05, 4.69) is 15.3 Å². The summed E-state index contributed by atoms with van der Waals surface area (Å²) in [5.41, 5.74) is 1.75. The van der Waals surface area contributed by atoms with Gasteiger partial charge in [-0.15, -0.1) is 0 Å². The lowest BCUT2D eigenvalue weighted by molar-refractivity contribution is 0.158. The molecule has 27 heavy (non-hydrogen) atoms. The first-order valence-electron chi connectivity index (χ1n) is 9.03. The van der Waals surface area contributed by atoms with E-state index in [0.717, 1.165) is 41.5 Å². The number of hydrogen-bond donors (Lipinski definition) is 2. The summed E-state index contributed by atoms with van der Waals surface area (Å²) in [6, 6.07) is 12.1. The minimum Gasteiger partial charge on any atom is -0.367 e. The van der Waals surface area contributed by atoms with Crippen molar-refractivity contribution in [3.05, 3.63) is 42.6 Å². The van der Waals surface area contributed by atoms with Crippen molar-refractivity contribution in [2.45, 2.75) is 37.8 Å². The molecule has 0 amide bonds. The van der Waals surface area contributed by atoms with Gasteiger partial charge in [-0.25, -0.2) is 9.97 Å². The number of rotatable bonds is 5. The first kappa shape index (κ1) is 17.9. The normalized spacial score (nSPS) is 20.6. The molecular formula is C19H22N4O3S. The predicted molar refractivity (Wildman–Crippen MR) is 105 cm³/mol. The average Bonchev–Trinajstić information content (AvgIpc) is 3.12. The molecule has 142 valence electrons. The molecule has 8 heteroatoms. The molecule has 1 fully saturated rings. The summed E-state index contributed by atoms with van der Waals surface area (Å²) >= 11 is 0. The molecule has 2 heterocycles. The highest BCUT2D eigenvalue weighted by molar-refractivity contribution is 7.86. The largest absolute Gasteiger partial charge is 0.367 e. The van der Waals surface area contributed by atoms with Gasteiger partial charge >= 0.3 is 0 Å². The van der Waals surface area contributed by atoms with E-state index >= 15 is 0 Å². The summed E-state index contributed by atoms with van der Waals surface area (Å²) < 4.78 is 27.7. The number of anilines is 1. The first-order chi connectivity index (χ1) is 13.0. The Morgan fingerprint density at radius 3 is 2.52 bits per heavy atom. The lowest BCUT2D eigenvalue weighted by Crippen LogP contribution is -2.31. The molecule has 1 aromatic carbocycles. The Kier molecular flexibility index (Phi) is 4.84. The number of fused-ring (bicyclic) bond motifs is 1. The number of nitrogens with one attached hydrogen (secondary N) is 2. The van der Waals surface area contributed by atoms with Crippen LogP contribution in [-0.4, -0.2) is 41.8 Å². The van der Waals surface area contributed by atoms with Gasteiger partial charge in [0.1, 0.15) is 11.5 Å². The predicted octanol–water partition coefficient (Wildman–Crippen LogP) is 3.32. The highest BCUT2D eigenvalue weighted by Crippen LogP contribution is 2.29. The fraction of sp³-hybridized carbons (Fsp3) is 0.368. The van der Waals surface area contributed by atoms with Crippen LogP contribution in [0, 0.1) is 0 Å². The van der Waals surface area contributed by atoms with Crippen LogP contribution in [0.2, 0.25) is 0 Å². The quantitative estimate of drug-likeness (QED) is 0.653. The van der Waals surface area contributed by atoms with Crippen molar-refractivity contribution in [3.8, 4) is 11.4 Å². The fourth-order valence-corrected chi connectivity index (χ4v) is 4.20. The minimum absolute atomic E-state index is 0.223. The third-order valence-corrected chi connectivity index (χ3v) is 5.40. The van der Waals surface area contributed by atoms with Gasteiger partial charge in [0.25, 0.3) is 10.1 Å². The summed E-state index contributed by atoms with van der Waals surface area (Å²) in [6.45, 7) is 0. The van der Waals surface area contributed by atoms with Crippen LogP contribution >= 0.6 is 0 Å². The molecule has 1 saturated carbocycles. The summed E-state index contributed by atoms with van der Waals surface area (Å²) in [4.78, 5) is 12.5. The van der Waals surface area contributed by atoms with Crippen molar-refractivity contribution < 1.29 is 12.6 Å². The molecule has 3 aromatic rings. The smallest absolute Gasteiger partial charge is 0.264 e. The minimum atomic E-state index is -3.40. The Bertz CT molecular complexity index is 1030. The second kappa shape index (κ2) is 7.28. The number of aromatic amines is 1. The Morgan fingerprint density at radius 1 is 1.07 bits per heavy atom. The van der Waals surface area contributed by atoms with Crippen LogP contribution in [-0.2, 0) is 14.3 Å². The molecule has 0 saturated heterocycles. The van der Waals surface area contributed by atoms with Gasteiger partial charge in [-0.3, -0.25) is 4.18 Å². The second-order valence-corrected chi connectivity index (χ2v) is 8.52. The topological polar surface area (TPSA) is 97.0 Å². The van der Waals surface area contributed by atoms with Crippen molar-refractivity contribution in [1.82, 2.24) is 15.0 Å². The Morgan fingerprint density at radius 2 is 1.81 bits per heavy atom. The maximum Gasteiger partial charge on any atom is 0.264 e. The van der Waals surface area contributed by atoms with Crippen LogP contribution in [0.15, 0.2) is 42.6 Å². The van der Waals surface area contributed by atoms with E-state index in [-0.39, 0.29) is 12.1 Å². The van der Waals surface area contributed by atoms with Gasteiger partial charge in [-0.2, -0.15) is 8.42 Å². The Balaban J connectivity index is 1.53. The molecule has 0 aliphatic heterocycles. The summed E-state index contributed by atoms with van der Waals surface area (Å²) in [6.07, 6.45) is 5.81. The highest BCUT2D eigenvalue weighted by Gasteiger charge is 2.25. The summed E-state index contributed by atoms with van der Waals surface area (Å²) in [5, 5.41) is 4.48. The Hall–Kier alpha value is -2.45. The lowest BCUT2D eigenvalue weighted by atomic mass is 9.93. The molecule has 1 aliphatic carbocycles. The van der Waals surface area contributed by atoms with Gasteiger partial charge in [0.15, 0.2) is 5.82 Å². The van der Waals surface area contributed by atoms with E-state index < -0.39 is 10.1 Å². The zero-order valence-electron chi connectivity index (χ0n) is 15.1. The molecular weight excluding hydrogens is 364 g/mol. The van der Waals surface area contributed by atoms with Gasteiger partial charge in [0, 0.05) is 17.8 Å². The number of hydrogen-bond acceptors (Lipinski definition) is 6. The molecule has 0 bridgehead atoms. The number of H-pyrrole nitrogens is 1. The molecule has 4 rings (SSSR count). The van der Waals surface area contributed by atoms with Crippen LogP contribution in [0.1, 0.15) is 25.7 Å². The van der Waals surface area contributed by atoms with Gasteiger partial charge in [-0.1, -0.05) is 30.3 Å². The van der Waals surface area contributed by atoms with Crippen LogP contribution < -0.4 is 5.32 Å². The van der Waals surface area contributed by atoms with E-state index in [0.29, 0.717) is 18.7 Å². The fourth-order valence-electron chi connectivity index (χ4n) is 3.51. The molecule has 0 atom stereocenters. The van der Waals surface area contributed by atoms with Gasteiger partial charge < -0.3 is 10.3 Å². The maximum atomic E-state index is 11.3. The third-order valence-electron chi connectivity index (χ3n) is 4.77. The molecule has 7 nitrogen and oxygen atoms in total. The van der Waals surface area contributed by atoms with E-state index in [1.807, 2.05) is 42.6 Å². The lowest BCUT2D eigenvalue weighted by Gasteiger charge is -2.28. The first-order valence-corrected chi connectivity index (χ1v) is 10.8.